The van der Waals surface area contributed by atoms with Crippen molar-refractivity contribution in [3.63, 3.8) is 0 Å². The van der Waals surface area contributed by atoms with Crippen molar-refractivity contribution >= 4 is 12.2 Å². The minimum atomic E-state index is -0.675. The van der Waals surface area contributed by atoms with E-state index < -0.39 is 23.4 Å². The van der Waals surface area contributed by atoms with Gasteiger partial charge in [-0.1, -0.05) is 0 Å². The molecule has 0 aliphatic heterocycles. The molecule has 33 heavy (non-hydrogen) atoms. The van der Waals surface area contributed by atoms with Crippen LogP contribution in [0.15, 0.2) is 36.2 Å². The highest BCUT2D eigenvalue weighted by Crippen LogP contribution is 2.22. The monoisotopic (exact) mass is 462 g/mol. The number of hydrogen-bond acceptors (Lipinski definition) is 7. The smallest absolute Gasteiger partial charge is 0.437 e. The summed E-state index contributed by atoms with van der Waals surface area (Å²) in [5.41, 5.74) is -0.466. The van der Waals surface area contributed by atoms with E-state index in [4.69, 9.17) is 14.2 Å². The molecule has 180 valence electrons. The quantitative estimate of drug-likeness (QED) is 0.658. The van der Waals surface area contributed by atoms with Crippen LogP contribution in [0, 0.1) is 6.92 Å². The zero-order valence-corrected chi connectivity index (χ0v) is 20.1. The van der Waals surface area contributed by atoms with Gasteiger partial charge >= 0.3 is 12.2 Å². The lowest BCUT2D eigenvalue weighted by molar-refractivity contribution is 0.0511. The van der Waals surface area contributed by atoms with E-state index in [1.807, 2.05) is 0 Å². The topological polar surface area (TPSA) is 105 Å². The van der Waals surface area contributed by atoms with E-state index >= 15 is 0 Å². The highest BCUT2D eigenvalue weighted by Gasteiger charge is 2.23. The maximum Gasteiger partial charge on any atom is 0.437 e. The van der Waals surface area contributed by atoms with E-state index in [1.54, 1.807) is 72.7 Å². The van der Waals surface area contributed by atoms with Crippen molar-refractivity contribution < 1.29 is 28.2 Å². The fourth-order valence-corrected chi connectivity index (χ4v) is 2.53. The average molecular weight is 463 g/mol. The number of carbonyl (C=O) groups excluding carboxylic acids is 2. The molecule has 0 bridgehead atoms. The molecular formula is C23H31FN4O5. The first kappa shape index (κ1) is 25.8. The molecule has 2 rings (SSSR count). The van der Waals surface area contributed by atoms with Gasteiger partial charge in [-0.05, 0) is 72.7 Å². The predicted molar refractivity (Wildman–Crippen MR) is 121 cm³/mol. The third-order valence-electron chi connectivity index (χ3n) is 3.83. The number of aryl methyl sites for hydroxylation is 1. The number of nitrogens with one attached hydrogen (secondary N) is 1. The van der Waals surface area contributed by atoms with Gasteiger partial charge in [-0.3, -0.25) is 0 Å². The van der Waals surface area contributed by atoms with Crippen molar-refractivity contribution in [1.29, 1.82) is 0 Å². The molecule has 2 aromatic rings. The lowest BCUT2D eigenvalue weighted by atomic mass is 10.2. The molecule has 0 radical (unpaired) electrons. The number of aromatic nitrogens is 3. The van der Waals surface area contributed by atoms with E-state index in [1.165, 1.54) is 0 Å². The average Bonchev–Trinajstić information content (AvgIpc) is 3.08. The van der Waals surface area contributed by atoms with Gasteiger partial charge in [-0.15, -0.1) is 9.78 Å². The molecule has 0 spiro atoms. The van der Waals surface area contributed by atoms with E-state index in [2.05, 4.69) is 15.4 Å². The number of halogens is 1. The van der Waals surface area contributed by atoms with Crippen LogP contribution in [0.3, 0.4) is 0 Å². The van der Waals surface area contributed by atoms with E-state index in [0.29, 0.717) is 29.3 Å². The molecule has 1 heterocycles. The first-order valence-corrected chi connectivity index (χ1v) is 10.4. The summed E-state index contributed by atoms with van der Waals surface area (Å²) in [7, 11) is 0. The van der Waals surface area contributed by atoms with Gasteiger partial charge in [-0.2, -0.15) is 0 Å². The second kappa shape index (κ2) is 10.5. The highest BCUT2D eigenvalue weighted by atomic mass is 19.1. The van der Waals surface area contributed by atoms with Gasteiger partial charge < -0.3 is 19.5 Å². The number of alkyl carbamates (subject to hydrolysis) is 1. The molecule has 0 aliphatic rings. The van der Waals surface area contributed by atoms with Crippen molar-refractivity contribution in [3.05, 3.63) is 42.0 Å². The van der Waals surface area contributed by atoms with Gasteiger partial charge in [-0.25, -0.2) is 19.0 Å². The Bertz CT molecular complexity index is 1000. The summed E-state index contributed by atoms with van der Waals surface area (Å²) in [5, 5.41) is 6.61. The molecule has 9 nitrogen and oxygen atoms in total. The van der Waals surface area contributed by atoms with E-state index in [0.717, 1.165) is 4.68 Å². The fourth-order valence-electron chi connectivity index (χ4n) is 2.53. The van der Waals surface area contributed by atoms with Gasteiger partial charge in [0.2, 0.25) is 0 Å². The molecule has 0 fully saturated rings. The number of amides is 1. The van der Waals surface area contributed by atoms with Crippen molar-refractivity contribution in [3.8, 4) is 17.1 Å². The van der Waals surface area contributed by atoms with Gasteiger partial charge in [0.1, 0.15) is 29.4 Å². The standard InChI is InChI=1S/C23H31FN4O5/c1-15-26-19(28(27-15)21(30)33-23(5,6)7)17-8-10-18(11-9-17)31-14-16(12-24)13-25-20(29)32-22(2,3)4/h8-12H,13-14H2,1-7H3,(H,25,29)/b16-12+. The Morgan fingerprint density at radius 3 is 2.21 bits per heavy atom. The first-order valence-electron chi connectivity index (χ1n) is 10.4. The molecule has 10 heteroatoms. The molecule has 0 saturated carbocycles. The summed E-state index contributed by atoms with van der Waals surface area (Å²) in [6, 6.07) is 6.74. The van der Waals surface area contributed by atoms with Crippen LogP contribution in [0.2, 0.25) is 0 Å². The van der Waals surface area contributed by atoms with Crippen LogP contribution in [0.1, 0.15) is 47.4 Å². The largest absolute Gasteiger partial charge is 0.489 e. The Kier molecular flexibility index (Phi) is 8.18. The molecule has 1 N–H and O–H groups in total. The van der Waals surface area contributed by atoms with Crippen LogP contribution in [0.4, 0.5) is 14.0 Å². The number of ether oxygens (including phenoxy) is 3. The number of hydrogen-bond donors (Lipinski definition) is 1. The third kappa shape index (κ3) is 8.55. The summed E-state index contributed by atoms with van der Waals surface area (Å²) in [4.78, 5) is 28.5. The normalized spacial score (nSPS) is 12.3. The van der Waals surface area contributed by atoms with E-state index in [-0.39, 0.29) is 18.7 Å². The maximum absolute atomic E-state index is 13.2. The van der Waals surface area contributed by atoms with Crippen LogP contribution < -0.4 is 10.1 Å². The van der Waals surface area contributed by atoms with E-state index in [9.17, 15) is 14.0 Å². The Balaban J connectivity index is 2.01. The molecule has 1 amide bonds. The molecular weight excluding hydrogens is 431 g/mol. The van der Waals surface area contributed by atoms with Crippen molar-refractivity contribution in [2.45, 2.75) is 59.7 Å². The number of rotatable bonds is 6. The summed E-state index contributed by atoms with van der Waals surface area (Å²) in [6.07, 6.45) is -0.887. The molecule has 1 aromatic heterocycles. The summed E-state index contributed by atoms with van der Waals surface area (Å²) in [6.45, 7) is 12.1. The molecule has 0 aliphatic carbocycles. The van der Waals surface area contributed by atoms with Crippen LogP contribution in [-0.2, 0) is 9.47 Å². The summed E-state index contributed by atoms with van der Waals surface area (Å²) in [5.74, 6) is 1.22. The predicted octanol–water partition coefficient (Wildman–Crippen LogP) is 4.79. The van der Waals surface area contributed by atoms with Crippen LogP contribution >= 0.6 is 0 Å². The molecule has 1 aromatic carbocycles. The van der Waals surface area contributed by atoms with Crippen molar-refractivity contribution in [1.82, 2.24) is 20.1 Å². The Labute approximate surface area is 192 Å². The zero-order chi connectivity index (χ0) is 24.8. The van der Waals surface area contributed by atoms with Crippen molar-refractivity contribution in [2.75, 3.05) is 13.2 Å². The third-order valence-corrected chi connectivity index (χ3v) is 3.83. The molecule has 0 atom stereocenters. The lowest BCUT2D eigenvalue weighted by Gasteiger charge is -2.20. The summed E-state index contributed by atoms with van der Waals surface area (Å²) >= 11 is 0. The minimum absolute atomic E-state index is 0.0538. The van der Waals surface area contributed by atoms with Gasteiger partial charge in [0, 0.05) is 17.7 Å². The zero-order valence-electron chi connectivity index (χ0n) is 20.1. The Morgan fingerprint density at radius 1 is 1.06 bits per heavy atom. The number of nitrogens with zero attached hydrogens (tertiary/aromatic N) is 3. The fraction of sp³-hybridized carbons (Fsp3) is 0.478. The summed E-state index contributed by atoms with van der Waals surface area (Å²) < 4.78 is 30.4. The van der Waals surface area contributed by atoms with Gasteiger partial charge in [0.05, 0.1) is 6.33 Å². The van der Waals surface area contributed by atoms with Crippen LogP contribution in [0.25, 0.3) is 11.4 Å². The lowest BCUT2D eigenvalue weighted by Crippen LogP contribution is -2.34. The Hall–Kier alpha value is -3.43. The maximum atomic E-state index is 13.2. The second-order valence-corrected chi connectivity index (χ2v) is 9.31. The number of benzene rings is 1. The minimum Gasteiger partial charge on any atom is -0.489 e. The van der Waals surface area contributed by atoms with Gasteiger partial charge in [0.25, 0.3) is 0 Å². The second-order valence-electron chi connectivity index (χ2n) is 9.31. The first-order chi connectivity index (χ1) is 15.3. The van der Waals surface area contributed by atoms with Gasteiger partial charge in [0.15, 0.2) is 5.82 Å². The number of carbonyl (C=O) groups is 2. The Morgan fingerprint density at radius 2 is 1.67 bits per heavy atom. The molecule has 0 unspecified atom stereocenters. The SMILES string of the molecule is Cc1nc(-c2ccc(OC/C(=C/F)CNC(=O)OC(C)(C)C)cc2)n(C(=O)OC(C)(C)C)n1. The molecule has 0 saturated heterocycles. The van der Waals surface area contributed by atoms with Crippen LogP contribution in [-0.4, -0.2) is 51.3 Å². The highest BCUT2D eigenvalue weighted by molar-refractivity contribution is 5.76. The van der Waals surface area contributed by atoms with Crippen molar-refractivity contribution in [2.24, 2.45) is 0 Å². The van der Waals surface area contributed by atoms with Crippen LogP contribution in [0.5, 0.6) is 5.75 Å².